The van der Waals surface area contributed by atoms with Crippen molar-refractivity contribution in [1.29, 1.82) is 0 Å². The molecule has 0 radical (unpaired) electrons. The number of aliphatic hydroxyl groups is 4. The maximum atomic E-state index is 10.9. The van der Waals surface area contributed by atoms with E-state index in [0.717, 1.165) is 0 Å². The van der Waals surface area contributed by atoms with Crippen LogP contribution < -0.4 is 9.47 Å². The van der Waals surface area contributed by atoms with Crippen LogP contribution in [0, 0.1) is 0 Å². The van der Waals surface area contributed by atoms with E-state index >= 15 is 0 Å². The third-order valence-corrected chi connectivity index (χ3v) is 7.40. The summed E-state index contributed by atoms with van der Waals surface area (Å²) in [5.41, 5.74) is 1.50. The van der Waals surface area contributed by atoms with Crippen LogP contribution in [0.4, 0.5) is 0 Å². The molecule has 2 heterocycles. The predicted octanol–water partition coefficient (Wildman–Crippen LogP) is 3.23. The lowest BCUT2D eigenvalue weighted by Crippen LogP contribution is -2.34. The Morgan fingerprint density at radius 1 is 0.475 bits per heavy atom. The van der Waals surface area contributed by atoms with E-state index in [9.17, 15) is 40.9 Å². The molecular formula is C30H26O10. The Balaban J connectivity index is 1.36. The van der Waals surface area contributed by atoms with Gasteiger partial charge in [0.15, 0.2) is 12.2 Å². The van der Waals surface area contributed by atoms with E-state index in [4.69, 9.17) is 9.47 Å². The highest BCUT2D eigenvalue weighted by molar-refractivity contribution is 5.79. The Labute approximate surface area is 227 Å². The summed E-state index contributed by atoms with van der Waals surface area (Å²) in [6, 6.07) is 17.2. The number of phenolic OH excluding ortho intramolecular Hbond substituents is 4. The average molecular weight is 547 g/mol. The number of phenols is 4. The van der Waals surface area contributed by atoms with Crippen molar-refractivity contribution in [2.45, 2.75) is 36.6 Å². The second-order valence-corrected chi connectivity index (χ2v) is 9.95. The van der Waals surface area contributed by atoms with Crippen molar-refractivity contribution >= 4 is 0 Å². The number of aliphatic hydroxyl groups excluding tert-OH is 4. The molecule has 6 rings (SSSR count). The van der Waals surface area contributed by atoms with E-state index in [1.807, 2.05) is 0 Å². The summed E-state index contributed by atoms with van der Waals surface area (Å²) >= 11 is 0. The minimum Gasteiger partial charge on any atom is -0.508 e. The molecule has 40 heavy (non-hydrogen) atoms. The molecule has 206 valence electrons. The van der Waals surface area contributed by atoms with Crippen molar-refractivity contribution in [1.82, 2.24) is 0 Å². The molecule has 0 saturated heterocycles. The molecule has 0 bridgehead atoms. The Morgan fingerprint density at radius 3 is 1.18 bits per heavy atom. The zero-order valence-corrected chi connectivity index (χ0v) is 20.8. The van der Waals surface area contributed by atoms with Crippen molar-refractivity contribution in [3.63, 3.8) is 0 Å². The lowest BCUT2D eigenvalue weighted by molar-refractivity contribution is -0.0701. The third kappa shape index (κ3) is 4.23. The summed E-state index contributed by atoms with van der Waals surface area (Å²) < 4.78 is 11.8. The zero-order chi connectivity index (χ0) is 28.3. The van der Waals surface area contributed by atoms with Crippen molar-refractivity contribution in [2.24, 2.45) is 0 Å². The smallest absolute Gasteiger partial charge is 0.152 e. The highest BCUT2D eigenvalue weighted by atomic mass is 16.5. The van der Waals surface area contributed by atoms with Crippen molar-refractivity contribution in [2.75, 3.05) is 0 Å². The van der Waals surface area contributed by atoms with Crippen LogP contribution in [0.15, 0.2) is 72.8 Å². The molecule has 0 aromatic heterocycles. The van der Waals surface area contributed by atoms with E-state index < -0.39 is 36.6 Å². The maximum Gasteiger partial charge on any atom is 0.152 e. The molecule has 2 aliphatic heterocycles. The van der Waals surface area contributed by atoms with Gasteiger partial charge in [-0.2, -0.15) is 0 Å². The van der Waals surface area contributed by atoms with Gasteiger partial charge in [0.05, 0.1) is 0 Å². The maximum absolute atomic E-state index is 10.9. The number of benzene rings is 4. The summed E-state index contributed by atoms with van der Waals surface area (Å²) in [6.45, 7) is 0. The summed E-state index contributed by atoms with van der Waals surface area (Å²) in [5.74, 6) is -0.330. The Morgan fingerprint density at radius 2 is 0.825 bits per heavy atom. The van der Waals surface area contributed by atoms with Gasteiger partial charge in [-0.1, -0.05) is 24.3 Å². The van der Waals surface area contributed by atoms with Gasteiger partial charge < -0.3 is 50.3 Å². The second-order valence-electron chi connectivity index (χ2n) is 9.95. The van der Waals surface area contributed by atoms with E-state index in [1.54, 1.807) is 24.3 Å². The Bertz CT molecular complexity index is 1450. The van der Waals surface area contributed by atoms with E-state index in [2.05, 4.69) is 0 Å². The quantitative estimate of drug-likeness (QED) is 0.190. The van der Waals surface area contributed by atoms with Gasteiger partial charge in [0.25, 0.3) is 0 Å². The van der Waals surface area contributed by atoms with E-state index in [0.29, 0.717) is 11.1 Å². The minimum atomic E-state index is -1.41. The molecule has 0 fully saturated rings. The van der Waals surface area contributed by atoms with E-state index in [-0.39, 0.29) is 56.8 Å². The largest absolute Gasteiger partial charge is 0.508 e. The van der Waals surface area contributed by atoms with Crippen LogP contribution >= 0.6 is 0 Å². The van der Waals surface area contributed by atoms with Gasteiger partial charge in [-0.05, 0) is 47.5 Å². The fourth-order valence-electron chi connectivity index (χ4n) is 5.24. The van der Waals surface area contributed by atoms with Crippen LogP contribution in [-0.4, -0.2) is 53.1 Å². The number of hydrogen-bond acceptors (Lipinski definition) is 10. The minimum absolute atomic E-state index is 0.0288. The molecule has 10 heteroatoms. The van der Waals surface area contributed by atoms with Crippen LogP contribution in [0.5, 0.6) is 34.5 Å². The molecular weight excluding hydrogens is 520 g/mol. The molecule has 6 atom stereocenters. The number of ether oxygens (including phenoxy) is 2. The highest BCUT2D eigenvalue weighted by Crippen LogP contribution is 2.50. The summed E-state index contributed by atoms with van der Waals surface area (Å²) in [7, 11) is 0. The normalized spacial score (nSPS) is 25.3. The number of aromatic hydroxyl groups is 4. The van der Waals surface area contributed by atoms with Crippen LogP contribution in [0.1, 0.15) is 46.7 Å². The van der Waals surface area contributed by atoms with Crippen LogP contribution in [0.25, 0.3) is 11.1 Å². The predicted molar refractivity (Wildman–Crippen MR) is 140 cm³/mol. The fraction of sp³-hybridized carbons (Fsp3) is 0.200. The molecule has 0 amide bonds. The summed E-state index contributed by atoms with van der Waals surface area (Å²) in [4.78, 5) is 0. The van der Waals surface area contributed by atoms with Gasteiger partial charge in [-0.3, -0.25) is 0 Å². The third-order valence-electron chi connectivity index (χ3n) is 7.40. The molecule has 8 N–H and O–H groups in total. The molecule has 0 unspecified atom stereocenters. The first kappa shape index (κ1) is 25.8. The van der Waals surface area contributed by atoms with Gasteiger partial charge in [0.1, 0.15) is 58.9 Å². The molecule has 4 aromatic rings. The number of fused-ring (bicyclic) bond motifs is 2. The zero-order valence-electron chi connectivity index (χ0n) is 20.8. The molecule has 2 aliphatic rings. The van der Waals surface area contributed by atoms with Crippen molar-refractivity contribution in [3.8, 4) is 45.6 Å². The van der Waals surface area contributed by atoms with Gasteiger partial charge in [-0.15, -0.1) is 0 Å². The Kier molecular flexibility index (Phi) is 6.20. The SMILES string of the molecule is Oc1ccc([C@H]2Oc3cc(O)c(-c4cc5c(cc4O)O[C@H](c4ccc(O)cc4)[C@H](O)[C@@H]5O)cc3[C@@H](O)[C@H]2O)cc1. The topological polar surface area (TPSA) is 180 Å². The standard InChI is InChI=1S/C30H26O10/c31-15-5-1-13(2-6-15)29-27(37)25(35)19-9-17(21(33)11-23(19)39-29)18-10-20-24(12-22(18)34)40-30(28(38)26(20)36)14-3-7-16(32)8-4-14/h1-12,25-38H/t25-,26-,27-,28-,29-,30-/m1/s1. The summed E-state index contributed by atoms with van der Waals surface area (Å²) in [5, 5.41) is 84.4. The monoisotopic (exact) mass is 546 g/mol. The lowest BCUT2D eigenvalue weighted by atomic mass is 9.87. The van der Waals surface area contributed by atoms with Crippen LogP contribution in [0.2, 0.25) is 0 Å². The van der Waals surface area contributed by atoms with E-state index in [1.165, 1.54) is 48.5 Å². The molecule has 0 saturated carbocycles. The van der Waals surface area contributed by atoms with Crippen LogP contribution in [0.3, 0.4) is 0 Å². The molecule has 10 nitrogen and oxygen atoms in total. The van der Waals surface area contributed by atoms with Gasteiger partial charge in [0.2, 0.25) is 0 Å². The van der Waals surface area contributed by atoms with Gasteiger partial charge in [0, 0.05) is 34.4 Å². The van der Waals surface area contributed by atoms with Crippen LogP contribution in [-0.2, 0) is 0 Å². The Hall–Kier alpha value is -4.48. The average Bonchev–Trinajstić information content (AvgIpc) is 2.93. The lowest BCUT2D eigenvalue weighted by Gasteiger charge is -2.35. The first-order chi connectivity index (χ1) is 19.1. The summed E-state index contributed by atoms with van der Waals surface area (Å²) in [6.07, 6.45) is -7.53. The van der Waals surface area contributed by atoms with Gasteiger partial charge >= 0.3 is 0 Å². The van der Waals surface area contributed by atoms with Crippen molar-refractivity contribution < 1.29 is 50.3 Å². The highest BCUT2D eigenvalue weighted by Gasteiger charge is 2.40. The van der Waals surface area contributed by atoms with Gasteiger partial charge in [-0.25, -0.2) is 0 Å². The number of rotatable bonds is 3. The number of hydrogen-bond donors (Lipinski definition) is 8. The fourth-order valence-corrected chi connectivity index (χ4v) is 5.24. The first-order valence-corrected chi connectivity index (χ1v) is 12.5. The molecule has 0 spiro atoms. The molecule has 0 aliphatic carbocycles. The molecule has 4 aromatic carbocycles. The van der Waals surface area contributed by atoms with Crippen molar-refractivity contribution in [3.05, 3.63) is 95.1 Å². The first-order valence-electron chi connectivity index (χ1n) is 12.5. The second kappa shape index (κ2) is 9.61.